The highest BCUT2D eigenvalue weighted by Crippen LogP contribution is 2.28. The Kier molecular flexibility index (Phi) is 4.63. The smallest absolute Gasteiger partial charge is 0.0856 e. The van der Waals surface area contributed by atoms with Crippen LogP contribution in [0.4, 0.5) is 0 Å². The van der Waals surface area contributed by atoms with Crippen LogP contribution in [-0.2, 0) is 6.42 Å². The summed E-state index contributed by atoms with van der Waals surface area (Å²) in [5.74, 6) is 0. The number of hydrogen-bond donors (Lipinski definition) is 1. The van der Waals surface area contributed by atoms with Gasteiger partial charge < -0.3 is 5.11 Å². The third-order valence-electron chi connectivity index (χ3n) is 2.41. The monoisotopic (exact) mass is 212 g/mol. The first kappa shape index (κ1) is 11.7. The van der Waals surface area contributed by atoms with E-state index in [1.54, 1.807) is 11.3 Å². The summed E-state index contributed by atoms with van der Waals surface area (Å²) in [6, 6.07) is 2.22. The number of aliphatic hydroxyl groups excluding tert-OH is 1. The average Bonchev–Trinajstić information content (AvgIpc) is 2.47. The molecular weight excluding hydrogens is 192 g/mol. The number of aliphatic hydroxyl groups is 1. The summed E-state index contributed by atoms with van der Waals surface area (Å²) in [6.07, 6.45) is 4.72. The summed E-state index contributed by atoms with van der Waals surface area (Å²) < 4.78 is 0. The molecule has 0 aliphatic carbocycles. The van der Waals surface area contributed by atoms with Crippen molar-refractivity contribution in [2.45, 2.75) is 52.6 Å². The zero-order valence-corrected chi connectivity index (χ0v) is 10.2. The SMILES string of the molecule is CCCCCc1cc(C)c(C(C)O)s1. The number of rotatable bonds is 5. The van der Waals surface area contributed by atoms with E-state index in [0.29, 0.717) is 0 Å². The van der Waals surface area contributed by atoms with Crippen molar-refractivity contribution in [3.8, 4) is 0 Å². The Morgan fingerprint density at radius 2 is 2.14 bits per heavy atom. The highest BCUT2D eigenvalue weighted by Gasteiger charge is 2.09. The van der Waals surface area contributed by atoms with Crippen molar-refractivity contribution in [3.63, 3.8) is 0 Å². The zero-order chi connectivity index (χ0) is 10.6. The maximum Gasteiger partial charge on any atom is 0.0856 e. The molecule has 0 bridgehead atoms. The molecular formula is C12H20OS. The lowest BCUT2D eigenvalue weighted by atomic mass is 10.1. The molecule has 0 saturated heterocycles. The number of hydrogen-bond acceptors (Lipinski definition) is 2. The van der Waals surface area contributed by atoms with E-state index >= 15 is 0 Å². The Labute approximate surface area is 90.8 Å². The van der Waals surface area contributed by atoms with Crippen LogP contribution in [0, 0.1) is 6.92 Å². The molecule has 1 unspecified atom stereocenters. The molecule has 0 amide bonds. The summed E-state index contributed by atoms with van der Waals surface area (Å²) in [5, 5.41) is 9.50. The van der Waals surface area contributed by atoms with Gasteiger partial charge in [0.25, 0.3) is 0 Å². The second-order valence-electron chi connectivity index (χ2n) is 3.89. The van der Waals surface area contributed by atoms with E-state index < -0.39 is 0 Å². The zero-order valence-electron chi connectivity index (χ0n) is 9.34. The molecule has 1 nitrogen and oxygen atoms in total. The van der Waals surface area contributed by atoms with Gasteiger partial charge in [0.15, 0.2) is 0 Å². The van der Waals surface area contributed by atoms with Crippen molar-refractivity contribution in [1.82, 2.24) is 0 Å². The van der Waals surface area contributed by atoms with Crippen molar-refractivity contribution in [2.24, 2.45) is 0 Å². The Morgan fingerprint density at radius 1 is 1.43 bits per heavy atom. The third kappa shape index (κ3) is 3.10. The molecule has 2 heteroatoms. The molecule has 0 fully saturated rings. The van der Waals surface area contributed by atoms with E-state index in [2.05, 4.69) is 19.9 Å². The molecule has 1 aromatic rings. The van der Waals surface area contributed by atoms with Gasteiger partial charge >= 0.3 is 0 Å². The van der Waals surface area contributed by atoms with Gasteiger partial charge in [-0.1, -0.05) is 19.8 Å². The molecule has 0 saturated carbocycles. The molecule has 14 heavy (non-hydrogen) atoms. The highest BCUT2D eigenvalue weighted by atomic mass is 32.1. The second kappa shape index (κ2) is 5.52. The Morgan fingerprint density at radius 3 is 2.64 bits per heavy atom. The summed E-state index contributed by atoms with van der Waals surface area (Å²) in [6.45, 7) is 6.15. The lowest BCUT2D eigenvalue weighted by molar-refractivity contribution is 0.202. The van der Waals surface area contributed by atoms with Gasteiger partial charge in [0.1, 0.15) is 0 Å². The van der Waals surface area contributed by atoms with Gasteiger partial charge in [-0.25, -0.2) is 0 Å². The summed E-state index contributed by atoms with van der Waals surface area (Å²) in [5.41, 5.74) is 1.25. The van der Waals surface area contributed by atoms with Gasteiger partial charge in [0.05, 0.1) is 6.10 Å². The van der Waals surface area contributed by atoms with Crippen LogP contribution in [0.1, 0.15) is 54.5 Å². The summed E-state index contributed by atoms with van der Waals surface area (Å²) >= 11 is 1.77. The fourth-order valence-electron chi connectivity index (χ4n) is 1.65. The fourth-order valence-corrected chi connectivity index (χ4v) is 2.81. The molecule has 1 N–H and O–H groups in total. The maximum absolute atomic E-state index is 9.50. The quantitative estimate of drug-likeness (QED) is 0.735. The minimum absolute atomic E-state index is 0.306. The maximum atomic E-state index is 9.50. The van der Waals surface area contributed by atoms with Crippen LogP contribution in [0.25, 0.3) is 0 Å². The standard InChI is InChI=1S/C12H20OS/c1-4-5-6-7-11-8-9(2)12(14-11)10(3)13/h8,10,13H,4-7H2,1-3H3. The van der Waals surface area contributed by atoms with E-state index in [1.807, 2.05) is 6.92 Å². The fraction of sp³-hybridized carbons (Fsp3) is 0.667. The van der Waals surface area contributed by atoms with Crippen LogP contribution in [0.2, 0.25) is 0 Å². The molecule has 1 aromatic heterocycles. The lowest BCUT2D eigenvalue weighted by Crippen LogP contribution is -1.87. The first-order chi connectivity index (χ1) is 6.65. The average molecular weight is 212 g/mol. The predicted molar refractivity (Wildman–Crippen MR) is 62.9 cm³/mol. The molecule has 1 atom stereocenters. The second-order valence-corrected chi connectivity index (χ2v) is 5.06. The van der Waals surface area contributed by atoms with E-state index in [-0.39, 0.29) is 6.10 Å². The van der Waals surface area contributed by atoms with Crippen molar-refractivity contribution in [2.75, 3.05) is 0 Å². The van der Waals surface area contributed by atoms with Crippen molar-refractivity contribution >= 4 is 11.3 Å². The molecule has 1 heterocycles. The molecule has 0 aliphatic heterocycles. The molecule has 80 valence electrons. The van der Waals surface area contributed by atoms with Crippen LogP contribution in [0.5, 0.6) is 0 Å². The molecule has 0 aliphatic rings. The van der Waals surface area contributed by atoms with Gasteiger partial charge in [0, 0.05) is 9.75 Å². The van der Waals surface area contributed by atoms with Crippen LogP contribution in [0.15, 0.2) is 6.07 Å². The largest absolute Gasteiger partial charge is 0.388 e. The summed E-state index contributed by atoms with van der Waals surface area (Å²) in [4.78, 5) is 2.56. The molecule has 0 aromatic carbocycles. The van der Waals surface area contributed by atoms with Gasteiger partial charge in [0.2, 0.25) is 0 Å². The predicted octanol–water partition coefficient (Wildman–Crippen LogP) is 3.84. The Balaban J connectivity index is 2.57. The van der Waals surface area contributed by atoms with Crippen LogP contribution in [0.3, 0.4) is 0 Å². The molecule has 0 spiro atoms. The molecule has 0 radical (unpaired) electrons. The van der Waals surface area contributed by atoms with E-state index in [9.17, 15) is 5.11 Å². The van der Waals surface area contributed by atoms with Gasteiger partial charge in [-0.2, -0.15) is 0 Å². The highest BCUT2D eigenvalue weighted by molar-refractivity contribution is 7.12. The van der Waals surface area contributed by atoms with Gasteiger partial charge in [-0.3, -0.25) is 0 Å². The van der Waals surface area contributed by atoms with Crippen LogP contribution < -0.4 is 0 Å². The van der Waals surface area contributed by atoms with Crippen LogP contribution >= 0.6 is 11.3 Å². The van der Waals surface area contributed by atoms with Crippen molar-refractivity contribution < 1.29 is 5.11 Å². The Bertz CT molecular complexity index is 276. The third-order valence-corrected chi connectivity index (χ3v) is 3.88. The van der Waals surface area contributed by atoms with E-state index in [0.717, 1.165) is 4.88 Å². The normalized spacial score (nSPS) is 13.1. The minimum atomic E-state index is -0.306. The Hall–Kier alpha value is -0.340. The van der Waals surface area contributed by atoms with Gasteiger partial charge in [-0.15, -0.1) is 11.3 Å². The van der Waals surface area contributed by atoms with Gasteiger partial charge in [-0.05, 0) is 38.3 Å². The first-order valence-electron chi connectivity index (χ1n) is 5.42. The number of unbranched alkanes of at least 4 members (excludes halogenated alkanes) is 2. The minimum Gasteiger partial charge on any atom is -0.388 e. The number of thiophene rings is 1. The van der Waals surface area contributed by atoms with Crippen LogP contribution in [-0.4, -0.2) is 5.11 Å². The first-order valence-corrected chi connectivity index (χ1v) is 6.24. The van der Waals surface area contributed by atoms with Crippen molar-refractivity contribution in [1.29, 1.82) is 0 Å². The number of aryl methyl sites for hydroxylation is 2. The van der Waals surface area contributed by atoms with E-state index in [4.69, 9.17) is 0 Å². The lowest BCUT2D eigenvalue weighted by Gasteiger charge is -2.00. The molecule has 1 rings (SSSR count). The topological polar surface area (TPSA) is 20.2 Å². The summed E-state index contributed by atoms with van der Waals surface area (Å²) in [7, 11) is 0. The van der Waals surface area contributed by atoms with Crippen molar-refractivity contribution in [3.05, 3.63) is 21.4 Å². The van der Waals surface area contributed by atoms with E-state index in [1.165, 1.54) is 36.1 Å².